The Kier molecular flexibility index (Phi) is 8.30. The van der Waals surface area contributed by atoms with E-state index in [2.05, 4.69) is 15.0 Å². The summed E-state index contributed by atoms with van der Waals surface area (Å²) >= 11 is 0. The Balaban J connectivity index is 0.000000212. The number of aromatic amines is 2. The minimum absolute atomic E-state index is 0.0325. The molecule has 3 heterocycles. The van der Waals surface area contributed by atoms with Gasteiger partial charge in [0.15, 0.2) is 0 Å². The predicted octanol–water partition coefficient (Wildman–Crippen LogP) is -1.47. The summed E-state index contributed by atoms with van der Waals surface area (Å²) in [5.74, 6) is -1.29. The molecular formula is C21H17FN10O12S2. The fourth-order valence-electron chi connectivity index (χ4n) is 3.86. The molecule has 0 spiro atoms. The highest BCUT2D eigenvalue weighted by Crippen LogP contribution is 2.26. The van der Waals surface area contributed by atoms with E-state index in [1.165, 1.54) is 29.4 Å². The van der Waals surface area contributed by atoms with E-state index in [0.717, 1.165) is 12.3 Å². The number of hydrogen-bond acceptors (Lipinski definition) is 13. The smallest absolute Gasteiger partial charge is 0.305 e. The first kappa shape index (κ1) is 32.7. The minimum Gasteiger partial charge on any atom is -0.305 e. The molecule has 22 nitrogen and oxygen atoms in total. The van der Waals surface area contributed by atoms with Gasteiger partial charge >= 0.3 is 17.1 Å². The van der Waals surface area contributed by atoms with Crippen LogP contribution in [0.5, 0.6) is 0 Å². The topological polar surface area (TPSA) is 306 Å². The Morgan fingerprint density at radius 2 is 1.24 bits per heavy atom. The van der Waals surface area contributed by atoms with Crippen LogP contribution in [0.3, 0.4) is 0 Å². The van der Waals surface area contributed by atoms with Crippen molar-refractivity contribution in [3.05, 3.63) is 111 Å². The van der Waals surface area contributed by atoms with Crippen LogP contribution in [0.2, 0.25) is 0 Å². The Labute approximate surface area is 251 Å². The van der Waals surface area contributed by atoms with Crippen molar-refractivity contribution < 1.29 is 31.1 Å². The molecule has 25 heteroatoms. The van der Waals surface area contributed by atoms with Gasteiger partial charge in [-0.05, 0) is 12.1 Å². The summed E-state index contributed by atoms with van der Waals surface area (Å²) in [5.41, 5.74) is -6.02. The predicted molar refractivity (Wildman–Crippen MR) is 156 cm³/mol. The molecule has 2 aromatic carbocycles. The van der Waals surface area contributed by atoms with E-state index in [9.17, 15) is 60.6 Å². The van der Waals surface area contributed by atoms with Crippen molar-refractivity contribution >= 4 is 53.2 Å². The Hall–Kier alpha value is -6.24. The molecule has 0 saturated carbocycles. The number of nitrogens with zero attached hydrogens (tertiary/aromatic N) is 6. The van der Waals surface area contributed by atoms with Gasteiger partial charge in [0, 0.05) is 24.5 Å². The number of halogens is 1. The summed E-state index contributed by atoms with van der Waals surface area (Å²) in [5, 5.41) is 21.3. The second-order valence-corrected chi connectivity index (χ2v) is 12.5. The molecule has 46 heavy (non-hydrogen) atoms. The molecule has 0 amide bonds. The number of nitro benzene ring substituents is 2. The Morgan fingerprint density at radius 1 is 0.783 bits per heavy atom. The first-order valence-electron chi connectivity index (χ1n) is 11.8. The van der Waals surface area contributed by atoms with Crippen LogP contribution < -0.4 is 32.2 Å². The number of benzene rings is 2. The molecule has 0 atom stereocenters. The quantitative estimate of drug-likeness (QED) is 0.112. The van der Waals surface area contributed by atoms with E-state index in [-0.39, 0.29) is 37.1 Å². The highest BCUT2D eigenvalue weighted by atomic mass is 32.2. The van der Waals surface area contributed by atoms with Crippen LogP contribution >= 0.6 is 0 Å². The first-order valence-corrected chi connectivity index (χ1v) is 15.6. The Bertz CT molecular complexity index is 2540. The zero-order valence-corrected chi connectivity index (χ0v) is 24.5. The third kappa shape index (κ3) is 6.78. The number of sulfonamides is 2. The van der Waals surface area contributed by atoms with Gasteiger partial charge in [-0.25, -0.2) is 41.1 Å². The normalized spacial score (nSPS) is 11.5. The fraction of sp³-hybridized carbons (Fsp3) is 0.0952. The monoisotopic (exact) mass is 684 g/mol. The lowest BCUT2D eigenvalue weighted by molar-refractivity contribution is -0.387. The van der Waals surface area contributed by atoms with E-state index in [4.69, 9.17) is 0 Å². The Morgan fingerprint density at radius 3 is 1.65 bits per heavy atom. The molecule has 0 aliphatic carbocycles. The van der Waals surface area contributed by atoms with Crippen molar-refractivity contribution in [3.8, 4) is 5.69 Å². The summed E-state index contributed by atoms with van der Waals surface area (Å²) in [6.07, 6.45) is 5.61. The standard InChI is InChI=1S/C12H10N6O6S.C9H7FN4O6S/c1-25(23,24)15-17-11(19)7-4-9(16-3-2-13-6-16)10(18(21)22)5-8(7)14-12(17)20;1-21(19,20)12-13-8(15)4-2-5(10)7(14(17)18)3-6(4)11-9(13)16/h2-6,15H,1H3,(H,14,20);2-3,12H,1H3,(H,11,16). The molecule has 0 radical (unpaired) electrons. The highest BCUT2D eigenvalue weighted by molar-refractivity contribution is 7.91. The lowest BCUT2D eigenvalue weighted by atomic mass is 10.2. The second kappa shape index (κ2) is 11.7. The molecule has 0 aliphatic heterocycles. The number of aromatic nitrogens is 6. The zero-order chi connectivity index (χ0) is 34.3. The zero-order valence-electron chi connectivity index (χ0n) is 22.8. The van der Waals surface area contributed by atoms with Gasteiger partial charge < -0.3 is 14.5 Å². The minimum atomic E-state index is -3.93. The number of imidazole rings is 1. The van der Waals surface area contributed by atoms with Crippen molar-refractivity contribution in [1.82, 2.24) is 28.9 Å². The lowest BCUT2D eigenvalue weighted by Crippen LogP contribution is -2.43. The summed E-state index contributed by atoms with van der Waals surface area (Å²) in [7, 11) is -7.83. The van der Waals surface area contributed by atoms with Crippen molar-refractivity contribution in [2.45, 2.75) is 0 Å². The van der Waals surface area contributed by atoms with Gasteiger partial charge in [-0.2, -0.15) is 13.7 Å². The van der Waals surface area contributed by atoms with Gasteiger partial charge in [0.25, 0.3) is 16.8 Å². The number of H-pyrrole nitrogens is 2. The van der Waals surface area contributed by atoms with Crippen molar-refractivity contribution in [3.63, 3.8) is 0 Å². The molecular weight excluding hydrogens is 667 g/mol. The van der Waals surface area contributed by atoms with Crippen LogP contribution in [0.25, 0.3) is 27.5 Å². The molecule has 242 valence electrons. The highest BCUT2D eigenvalue weighted by Gasteiger charge is 2.21. The van der Waals surface area contributed by atoms with E-state index < -0.39 is 69.3 Å². The second-order valence-electron chi connectivity index (χ2n) is 9.09. The van der Waals surface area contributed by atoms with E-state index >= 15 is 0 Å². The number of fused-ring (bicyclic) bond motifs is 2. The number of hydrogen-bond donors (Lipinski definition) is 4. The lowest BCUT2D eigenvalue weighted by Gasteiger charge is -2.09. The van der Waals surface area contributed by atoms with Gasteiger partial charge in [-0.3, -0.25) is 29.8 Å². The summed E-state index contributed by atoms with van der Waals surface area (Å²) in [6, 6.07) is 3.43. The van der Waals surface area contributed by atoms with Crippen LogP contribution in [-0.2, 0) is 20.0 Å². The number of rotatable bonds is 7. The van der Waals surface area contributed by atoms with E-state index in [0.29, 0.717) is 18.4 Å². The summed E-state index contributed by atoms with van der Waals surface area (Å²) < 4.78 is 60.0. The first-order chi connectivity index (χ1) is 21.3. The van der Waals surface area contributed by atoms with Crippen LogP contribution in [0, 0.1) is 26.0 Å². The van der Waals surface area contributed by atoms with Gasteiger partial charge in [-0.15, -0.1) is 0 Å². The summed E-state index contributed by atoms with van der Waals surface area (Å²) in [4.78, 5) is 79.6. The molecule has 5 aromatic rings. The van der Waals surface area contributed by atoms with Crippen LogP contribution in [0.1, 0.15) is 0 Å². The molecule has 0 fully saturated rings. The van der Waals surface area contributed by atoms with Crippen LogP contribution in [0.4, 0.5) is 15.8 Å². The molecule has 0 saturated heterocycles. The molecule has 4 N–H and O–H groups in total. The van der Waals surface area contributed by atoms with Crippen LogP contribution in [0.15, 0.2) is 62.2 Å². The van der Waals surface area contributed by atoms with E-state index in [1.807, 2.05) is 0 Å². The largest absolute Gasteiger partial charge is 0.348 e. The van der Waals surface area contributed by atoms with Gasteiger partial charge in [0.05, 0.1) is 50.5 Å². The molecule has 0 unspecified atom stereocenters. The maximum absolute atomic E-state index is 13.5. The molecule has 5 rings (SSSR count). The molecule has 0 aliphatic rings. The third-order valence-electron chi connectivity index (χ3n) is 5.65. The van der Waals surface area contributed by atoms with Gasteiger partial charge in [0.1, 0.15) is 5.69 Å². The molecule has 3 aromatic heterocycles. The number of nitrogens with one attached hydrogen (secondary N) is 4. The SMILES string of the molecule is CS(=O)(=O)Nn1c(=O)[nH]c2cc([N+](=O)[O-])c(-n3ccnc3)cc2c1=O.CS(=O)(=O)Nn1c(=O)[nH]c2cc([N+](=O)[O-])c(F)cc2c1=O. The van der Waals surface area contributed by atoms with Crippen molar-refractivity contribution in [2.75, 3.05) is 22.2 Å². The third-order valence-corrected chi connectivity index (χ3v) is 6.68. The average Bonchev–Trinajstić information content (AvgIpc) is 3.47. The molecule has 0 bridgehead atoms. The van der Waals surface area contributed by atoms with Crippen LogP contribution in [-0.4, -0.2) is 68.1 Å². The van der Waals surface area contributed by atoms with Gasteiger partial charge in [-0.1, -0.05) is 0 Å². The average molecular weight is 685 g/mol. The summed E-state index contributed by atoms with van der Waals surface area (Å²) in [6.45, 7) is 0. The maximum Gasteiger partial charge on any atom is 0.348 e. The van der Waals surface area contributed by atoms with Crippen molar-refractivity contribution in [2.24, 2.45) is 0 Å². The van der Waals surface area contributed by atoms with Crippen molar-refractivity contribution in [1.29, 1.82) is 0 Å². The number of nitro groups is 2. The fourth-order valence-corrected chi connectivity index (χ4v) is 4.85. The maximum atomic E-state index is 13.5. The van der Waals surface area contributed by atoms with E-state index in [1.54, 1.807) is 9.66 Å². The van der Waals surface area contributed by atoms with Gasteiger partial charge in [0.2, 0.25) is 25.9 Å².